The van der Waals surface area contributed by atoms with Gasteiger partial charge in [0.15, 0.2) is 0 Å². The van der Waals surface area contributed by atoms with Gasteiger partial charge in [0, 0.05) is 36.1 Å². The zero-order valence-corrected chi connectivity index (χ0v) is 17.3. The summed E-state index contributed by atoms with van der Waals surface area (Å²) >= 11 is 0. The average Bonchev–Trinajstić information content (AvgIpc) is 3.24. The molecule has 0 aromatic carbocycles. The molecule has 1 fully saturated rings. The van der Waals surface area contributed by atoms with E-state index in [4.69, 9.17) is 4.74 Å². The van der Waals surface area contributed by atoms with E-state index in [9.17, 15) is 4.79 Å². The fourth-order valence-electron chi connectivity index (χ4n) is 4.45. The lowest BCUT2D eigenvalue weighted by atomic mass is 9.72. The molecule has 2 N–H and O–H groups in total. The van der Waals surface area contributed by atoms with Crippen LogP contribution in [0, 0.1) is 17.8 Å². The predicted molar refractivity (Wildman–Crippen MR) is 112 cm³/mol. The molecule has 152 valence electrons. The van der Waals surface area contributed by atoms with Gasteiger partial charge in [0.2, 0.25) is 5.88 Å². The topological polar surface area (TPSA) is 67.0 Å². The van der Waals surface area contributed by atoms with Gasteiger partial charge in [-0.05, 0) is 55.6 Å². The van der Waals surface area contributed by atoms with Crippen molar-refractivity contribution in [3.63, 3.8) is 0 Å². The summed E-state index contributed by atoms with van der Waals surface area (Å²) in [7, 11) is 1.60. The van der Waals surface area contributed by atoms with Crippen LogP contribution in [-0.2, 0) is 0 Å². The number of rotatable bonds is 8. The number of aromatic nitrogens is 2. The van der Waals surface area contributed by atoms with Gasteiger partial charge in [-0.25, -0.2) is 4.98 Å². The minimum atomic E-state index is -0.0392. The quantitative estimate of drug-likeness (QED) is 0.670. The lowest BCUT2D eigenvalue weighted by molar-refractivity contribution is 0.0942. The second-order valence-electron chi connectivity index (χ2n) is 8.06. The maximum Gasteiger partial charge on any atom is 0.267 e. The SMILES string of the molecule is CCC1CC(CC)CC(CCNC(=O)c2cc(-c3ccc(OC)nc3)c[nH]2)C1. The zero-order valence-electron chi connectivity index (χ0n) is 17.3. The number of pyridine rings is 1. The van der Waals surface area contributed by atoms with Gasteiger partial charge in [-0.2, -0.15) is 0 Å². The first kappa shape index (κ1) is 20.4. The number of methoxy groups -OCH3 is 1. The van der Waals surface area contributed by atoms with Gasteiger partial charge in [-0.15, -0.1) is 0 Å². The highest BCUT2D eigenvalue weighted by molar-refractivity contribution is 5.93. The first-order valence-corrected chi connectivity index (χ1v) is 10.6. The molecule has 5 heteroatoms. The molecule has 2 aromatic heterocycles. The van der Waals surface area contributed by atoms with Crippen molar-refractivity contribution in [2.24, 2.45) is 17.8 Å². The summed E-state index contributed by atoms with van der Waals surface area (Å²) in [4.78, 5) is 19.8. The van der Waals surface area contributed by atoms with E-state index < -0.39 is 0 Å². The van der Waals surface area contributed by atoms with Crippen LogP contribution < -0.4 is 10.1 Å². The minimum Gasteiger partial charge on any atom is -0.481 e. The van der Waals surface area contributed by atoms with Gasteiger partial charge in [-0.1, -0.05) is 26.7 Å². The molecule has 0 aliphatic heterocycles. The van der Waals surface area contributed by atoms with E-state index in [2.05, 4.69) is 29.1 Å². The average molecular weight is 384 g/mol. The van der Waals surface area contributed by atoms with Crippen molar-refractivity contribution in [1.29, 1.82) is 0 Å². The summed E-state index contributed by atoms with van der Waals surface area (Å²) in [5, 5.41) is 3.09. The third kappa shape index (κ3) is 5.15. The van der Waals surface area contributed by atoms with E-state index in [-0.39, 0.29) is 5.91 Å². The Kier molecular flexibility index (Phi) is 7.12. The minimum absolute atomic E-state index is 0.0392. The normalized spacial score (nSPS) is 22.0. The Bertz CT molecular complexity index is 741. The number of amides is 1. The van der Waals surface area contributed by atoms with E-state index in [1.807, 2.05) is 24.4 Å². The van der Waals surface area contributed by atoms with Crippen molar-refractivity contribution in [3.8, 4) is 17.0 Å². The molecule has 0 radical (unpaired) electrons. The Balaban J connectivity index is 1.50. The second-order valence-corrected chi connectivity index (χ2v) is 8.06. The van der Waals surface area contributed by atoms with Crippen LogP contribution in [-0.4, -0.2) is 29.5 Å². The lowest BCUT2D eigenvalue weighted by Gasteiger charge is -2.34. The Labute approximate surface area is 168 Å². The van der Waals surface area contributed by atoms with Gasteiger partial charge in [0.05, 0.1) is 7.11 Å². The standard InChI is InChI=1S/C23H33N3O2/c1-4-16-10-17(5-2)12-18(11-16)8-9-24-23(27)21-13-20(15-25-21)19-6-7-22(28-3)26-14-19/h6-7,13-18,25H,4-5,8-12H2,1-3H3,(H,24,27). The molecule has 0 saturated heterocycles. The molecule has 1 aliphatic rings. The van der Waals surface area contributed by atoms with Crippen LogP contribution in [0.3, 0.4) is 0 Å². The van der Waals surface area contributed by atoms with Gasteiger partial charge in [0.25, 0.3) is 5.91 Å². The fraction of sp³-hybridized carbons (Fsp3) is 0.565. The van der Waals surface area contributed by atoms with Crippen LogP contribution in [0.5, 0.6) is 5.88 Å². The van der Waals surface area contributed by atoms with Gasteiger partial charge < -0.3 is 15.0 Å². The summed E-state index contributed by atoms with van der Waals surface area (Å²) in [6, 6.07) is 5.63. The molecule has 2 aromatic rings. The monoisotopic (exact) mass is 383 g/mol. The van der Waals surface area contributed by atoms with Crippen molar-refractivity contribution in [2.45, 2.75) is 52.4 Å². The number of hydrogen-bond acceptors (Lipinski definition) is 3. The number of carbonyl (C=O) groups is 1. The van der Waals surface area contributed by atoms with Crippen molar-refractivity contribution >= 4 is 5.91 Å². The lowest BCUT2D eigenvalue weighted by Crippen LogP contribution is -2.29. The second kappa shape index (κ2) is 9.76. The molecule has 2 atom stereocenters. The molecular formula is C23H33N3O2. The first-order valence-electron chi connectivity index (χ1n) is 10.6. The molecule has 1 saturated carbocycles. The molecule has 2 unspecified atom stereocenters. The van der Waals surface area contributed by atoms with Gasteiger partial charge in [0.1, 0.15) is 5.69 Å². The van der Waals surface area contributed by atoms with Crippen LogP contribution in [0.25, 0.3) is 11.1 Å². The predicted octanol–water partition coefficient (Wildman–Crippen LogP) is 5.06. The molecular weight excluding hydrogens is 350 g/mol. The largest absolute Gasteiger partial charge is 0.481 e. The number of nitrogens with zero attached hydrogens (tertiary/aromatic N) is 1. The van der Waals surface area contributed by atoms with Gasteiger partial charge >= 0.3 is 0 Å². The highest BCUT2D eigenvalue weighted by Crippen LogP contribution is 2.37. The zero-order chi connectivity index (χ0) is 19.9. The molecule has 5 nitrogen and oxygen atoms in total. The third-order valence-corrected chi connectivity index (χ3v) is 6.20. The van der Waals surface area contributed by atoms with Crippen molar-refractivity contribution in [2.75, 3.05) is 13.7 Å². The van der Waals surface area contributed by atoms with E-state index in [1.54, 1.807) is 13.3 Å². The summed E-state index contributed by atoms with van der Waals surface area (Å²) in [6.45, 7) is 5.36. The molecule has 0 bridgehead atoms. The Morgan fingerprint density at radius 2 is 1.86 bits per heavy atom. The summed E-state index contributed by atoms with van der Waals surface area (Å²) in [6.07, 6.45) is 11.3. The number of hydrogen-bond donors (Lipinski definition) is 2. The summed E-state index contributed by atoms with van der Waals surface area (Å²) in [5.74, 6) is 3.01. The first-order chi connectivity index (χ1) is 13.6. The molecule has 1 amide bonds. The maximum atomic E-state index is 12.5. The Morgan fingerprint density at radius 1 is 1.14 bits per heavy atom. The third-order valence-electron chi connectivity index (χ3n) is 6.20. The summed E-state index contributed by atoms with van der Waals surface area (Å²) < 4.78 is 5.09. The highest BCUT2D eigenvalue weighted by atomic mass is 16.5. The van der Waals surface area contributed by atoms with E-state index in [0.717, 1.165) is 41.8 Å². The molecule has 0 spiro atoms. The Morgan fingerprint density at radius 3 is 2.46 bits per heavy atom. The number of ether oxygens (including phenoxy) is 1. The highest BCUT2D eigenvalue weighted by Gasteiger charge is 2.26. The van der Waals surface area contributed by atoms with E-state index >= 15 is 0 Å². The van der Waals surface area contributed by atoms with Crippen LogP contribution in [0.4, 0.5) is 0 Å². The number of aromatic amines is 1. The van der Waals surface area contributed by atoms with Crippen LogP contribution in [0.2, 0.25) is 0 Å². The number of H-pyrrole nitrogens is 1. The van der Waals surface area contributed by atoms with Crippen molar-refractivity contribution in [1.82, 2.24) is 15.3 Å². The van der Waals surface area contributed by atoms with E-state index in [1.165, 1.54) is 32.1 Å². The van der Waals surface area contributed by atoms with Crippen LogP contribution >= 0.6 is 0 Å². The molecule has 1 aliphatic carbocycles. The fourth-order valence-corrected chi connectivity index (χ4v) is 4.45. The van der Waals surface area contributed by atoms with E-state index in [0.29, 0.717) is 11.6 Å². The van der Waals surface area contributed by atoms with Crippen LogP contribution in [0.15, 0.2) is 30.6 Å². The smallest absolute Gasteiger partial charge is 0.267 e. The van der Waals surface area contributed by atoms with Crippen molar-refractivity contribution < 1.29 is 9.53 Å². The van der Waals surface area contributed by atoms with Crippen molar-refractivity contribution in [3.05, 3.63) is 36.3 Å². The molecule has 28 heavy (non-hydrogen) atoms. The Hall–Kier alpha value is -2.30. The number of nitrogens with one attached hydrogen (secondary N) is 2. The maximum absolute atomic E-state index is 12.5. The molecule has 2 heterocycles. The molecule has 3 rings (SSSR count). The number of carbonyl (C=O) groups excluding carboxylic acids is 1. The summed E-state index contributed by atoms with van der Waals surface area (Å²) in [5.41, 5.74) is 2.49. The van der Waals surface area contributed by atoms with Crippen LogP contribution in [0.1, 0.15) is 62.9 Å². The van der Waals surface area contributed by atoms with Gasteiger partial charge in [-0.3, -0.25) is 4.79 Å².